The average Bonchev–Trinajstić information content (AvgIpc) is 2.86. The number of fused-ring (bicyclic) bond motifs is 1. The molecule has 6 heteroatoms. The number of rotatable bonds is 2. The Kier molecular flexibility index (Phi) is 2.91. The lowest BCUT2D eigenvalue weighted by molar-refractivity contribution is 0.143. The van der Waals surface area contributed by atoms with Gasteiger partial charge in [-0.1, -0.05) is 23.7 Å². The molecule has 2 heterocycles. The fraction of sp³-hybridized carbons (Fsp3) is 0.0769. The van der Waals surface area contributed by atoms with E-state index in [-0.39, 0.29) is 5.69 Å². The van der Waals surface area contributed by atoms with Crippen LogP contribution in [0.3, 0.4) is 0 Å². The van der Waals surface area contributed by atoms with Crippen molar-refractivity contribution in [2.45, 2.75) is 6.43 Å². The monoisotopic (exact) mass is 279 g/mol. The van der Waals surface area contributed by atoms with Gasteiger partial charge in [0.15, 0.2) is 5.65 Å². The maximum atomic E-state index is 13.0. The number of benzene rings is 1. The van der Waals surface area contributed by atoms with Gasteiger partial charge >= 0.3 is 0 Å². The Morgan fingerprint density at radius 2 is 1.84 bits per heavy atom. The van der Waals surface area contributed by atoms with Gasteiger partial charge in [-0.05, 0) is 18.2 Å². The lowest BCUT2D eigenvalue weighted by Crippen LogP contribution is -2.02. The van der Waals surface area contributed by atoms with Crippen molar-refractivity contribution >= 4 is 17.2 Å². The number of alkyl halides is 2. The molecule has 0 aliphatic heterocycles. The zero-order valence-corrected chi connectivity index (χ0v) is 10.4. The van der Waals surface area contributed by atoms with Crippen LogP contribution in [0.1, 0.15) is 12.1 Å². The molecular formula is C13H8ClF2N3. The molecule has 0 amide bonds. The Hall–Kier alpha value is -2.01. The molecule has 0 radical (unpaired) electrons. The minimum atomic E-state index is -2.61. The van der Waals surface area contributed by atoms with Crippen molar-refractivity contribution in [3.63, 3.8) is 0 Å². The van der Waals surface area contributed by atoms with Gasteiger partial charge in [0, 0.05) is 16.7 Å². The van der Waals surface area contributed by atoms with E-state index < -0.39 is 6.43 Å². The summed E-state index contributed by atoms with van der Waals surface area (Å²) in [5.41, 5.74) is 1.41. The zero-order valence-electron chi connectivity index (χ0n) is 9.59. The molecule has 0 saturated carbocycles. The van der Waals surface area contributed by atoms with Gasteiger partial charge in [0.05, 0.1) is 11.9 Å². The van der Waals surface area contributed by atoms with Crippen molar-refractivity contribution in [3.05, 3.63) is 53.3 Å². The molecule has 1 aromatic carbocycles. The summed E-state index contributed by atoms with van der Waals surface area (Å²) in [4.78, 5) is 4.30. The second-order valence-electron chi connectivity index (χ2n) is 3.98. The largest absolute Gasteiger partial charge is 0.280 e. The van der Waals surface area contributed by atoms with Crippen molar-refractivity contribution in [3.8, 4) is 11.3 Å². The van der Waals surface area contributed by atoms with Gasteiger partial charge in [-0.2, -0.15) is 5.10 Å². The molecule has 0 saturated heterocycles. The van der Waals surface area contributed by atoms with E-state index in [2.05, 4.69) is 10.1 Å². The van der Waals surface area contributed by atoms with Crippen LogP contribution in [0.2, 0.25) is 5.02 Å². The highest BCUT2D eigenvalue weighted by atomic mass is 35.5. The minimum Gasteiger partial charge on any atom is -0.229 e. The highest BCUT2D eigenvalue weighted by molar-refractivity contribution is 6.30. The van der Waals surface area contributed by atoms with E-state index in [1.807, 2.05) is 0 Å². The Morgan fingerprint density at radius 1 is 1.11 bits per heavy atom. The van der Waals surface area contributed by atoms with Crippen LogP contribution in [-0.4, -0.2) is 14.6 Å². The van der Waals surface area contributed by atoms with Crippen LogP contribution in [0.5, 0.6) is 0 Å². The molecule has 0 aliphatic carbocycles. The maximum absolute atomic E-state index is 13.0. The summed E-state index contributed by atoms with van der Waals surface area (Å²) in [7, 11) is 0. The highest BCUT2D eigenvalue weighted by Crippen LogP contribution is 2.26. The van der Waals surface area contributed by atoms with Crippen LogP contribution in [0, 0.1) is 0 Å². The lowest BCUT2D eigenvalue weighted by atomic mass is 10.1. The summed E-state index contributed by atoms with van der Waals surface area (Å²) >= 11 is 5.80. The number of halogens is 3. The number of hydrogen-bond acceptors (Lipinski definition) is 2. The Bertz CT molecular complexity index is 722. The standard InChI is InChI=1S/C13H8ClF2N3/c14-9-3-1-8(2-4-9)10-7-11(13(15)16)19-12(18-10)5-6-17-19/h1-7,13H. The molecule has 3 nitrogen and oxygen atoms in total. The van der Waals surface area contributed by atoms with Crippen LogP contribution in [0.4, 0.5) is 8.78 Å². The van der Waals surface area contributed by atoms with Crippen molar-refractivity contribution in [1.82, 2.24) is 14.6 Å². The van der Waals surface area contributed by atoms with E-state index in [1.54, 1.807) is 30.3 Å². The van der Waals surface area contributed by atoms with E-state index in [0.29, 0.717) is 16.4 Å². The third kappa shape index (κ3) is 2.17. The zero-order chi connectivity index (χ0) is 13.4. The normalized spacial score (nSPS) is 11.4. The van der Waals surface area contributed by atoms with Crippen LogP contribution in [-0.2, 0) is 0 Å². The summed E-state index contributed by atoms with van der Waals surface area (Å²) in [6.45, 7) is 0. The minimum absolute atomic E-state index is 0.181. The second-order valence-corrected chi connectivity index (χ2v) is 4.41. The fourth-order valence-corrected chi connectivity index (χ4v) is 1.99. The summed E-state index contributed by atoms with van der Waals surface area (Å²) in [5.74, 6) is 0. The van der Waals surface area contributed by atoms with Gasteiger partial charge in [-0.15, -0.1) is 0 Å². The molecule has 0 fully saturated rings. The first-order valence-corrected chi connectivity index (χ1v) is 5.92. The van der Waals surface area contributed by atoms with Gasteiger partial charge in [-0.3, -0.25) is 0 Å². The third-order valence-electron chi connectivity index (χ3n) is 2.75. The first kappa shape index (κ1) is 12.0. The highest BCUT2D eigenvalue weighted by Gasteiger charge is 2.15. The number of hydrogen-bond donors (Lipinski definition) is 0. The first-order chi connectivity index (χ1) is 9.15. The van der Waals surface area contributed by atoms with Gasteiger partial charge in [0.25, 0.3) is 6.43 Å². The predicted molar refractivity (Wildman–Crippen MR) is 68.4 cm³/mol. The first-order valence-electron chi connectivity index (χ1n) is 5.54. The van der Waals surface area contributed by atoms with Crippen LogP contribution in [0.15, 0.2) is 42.6 Å². The smallest absolute Gasteiger partial charge is 0.229 e. The van der Waals surface area contributed by atoms with Gasteiger partial charge in [-0.25, -0.2) is 18.3 Å². The van der Waals surface area contributed by atoms with Gasteiger partial charge < -0.3 is 0 Å². The molecule has 19 heavy (non-hydrogen) atoms. The molecule has 3 aromatic rings. The van der Waals surface area contributed by atoms with Crippen LogP contribution < -0.4 is 0 Å². The van der Waals surface area contributed by atoms with Gasteiger partial charge in [0.1, 0.15) is 5.69 Å². The van der Waals surface area contributed by atoms with Crippen molar-refractivity contribution in [2.24, 2.45) is 0 Å². The van der Waals surface area contributed by atoms with Gasteiger partial charge in [0.2, 0.25) is 0 Å². The molecular weight excluding hydrogens is 272 g/mol. The van der Waals surface area contributed by atoms with Crippen LogP contribution in [0.25, 0.3) is 16.9 Å². The van der Waals surface area contributed by atoms with E-state index in [0.717, 1.165) is 10.1 Å². The van der Waals surface area contributed by atoms with E-state index in [1.165, 1.54) is 12.3 Å². The molecule has 0 N–H and O–H groups in total. The Morgan fingerprint density at radius 3 is 2.53 bits per heavy atom. The topological polar surface area (TPSA) is 30.2 Å². The van der Waals surface area contributed by atoms with Crippen molar-refractivity contribution in [2.75, 3.05) is 0 Å². The van der Waals surface area contributed by atoms with E-state index in [4.69, 9.17) is 11.6 Å². The summed E-state index contributed by atoms with van der Waals surface area (Å²) in [5, 5.41) is 4.43. The third-order valence-corrected chi connectivity index (χ3v) is 3.00. The summed E-state index contributed by atoms with van der Waals surface area (Å²) in [6.07, 6.45) is -1.17. The molecule has 3 rings (SSSR count). The molecule has 0 spiro atoms. The quantitative estimate of drug-likeness (QED) is 0.710. The predicted octanol–water partition coefficient (Wildman–Crippen LogP) is 3.99. The van der Waals surface area contributed by atoms with E-state index in [9.17, 15) is 8.78 Å². The average molecular weight is 280 g/mol. The molecule has 96 valence electrons. The van der Waals surface area contributed by atoms with E-state index >= 15 is 0 Å². The molecule has 0 unspecified atom stereocenters. The lowest BCUT2D eigenvalue weighted by Gasteiger charge is -2.07. The van der Waals surface area contributed by atoms with Crippen LogP contribution >= 0.6 is 11.6 Å². The molecule has 0 atom stereocenters. The summed E-state index contributed by atoms with van der Waals surface area (Å²) < 4.78 is 27.2. The number of aromatic nitrogens is 3. The molecule has 0 bridgehead atoms. The molecule has 2 aromatic heterocycles. The van der Waals surface area contributed by atoms with Crippen molar-refractivity contribution < 1.29 is 8.78 Å². The number of nitrogens with zero attached hydrogens (tertiary/aromatic N) is 3. The SMILES string of the molecule is FC(F)c1cc(-c2ccc(Cl)cc2)nc2ccnn12. The Labute approximate surface area is 112 Å². The van der Waals surface area contributed by atoms with Crippen molar-refractivity contribution in [1.29, 1.82) is 0 Å². The molecule has 0 aliphatic rings. The Balaban J connectivity index is 2.21. The maximum Gasteiger partial charge on any atom is 0.280 e. The summed E-state index contributed by atoms with van der Waals surface area (Å²) in [6, 6.07) is 9.81. The fourth-order valence-electron chi connectivity index (χ4n) is 1.86. The second kappa shape index (κ2) is 4.59.